The predicted octanol–water partition coefficient (Wildman–Crippen LogP) is 4.99. The van der Waals surface area contributed by atoms with Gasteiger partial charge >= 0.3 is 0 Å². The number of aliphatic hydroxyl groups is 1. The zero-order valence-electron chi connectivity index (χ0n) is 12.1. The first-order chi connectivity index (χ1) is 10.6. The summed E-state index contributed by atoms with van der Waals surface area (Å²) >= 11 is 5.80. The third kappa shape index (κ3) is 3.55. The van der Waals surface area contributed by atoms with Crippen LogP contribution in [0, 0.1) is 0 Å². The van der Waals surface area contributed by atoms with E-state index in [0.717, 1.165) is 20.0 Å². The van der Waals surface area contributed by atoms with Crippen molar-refractivity contribution in [3.8, 4) is 0 Å². The highest BCUT2D eigenvalue weighted by Crippen LogP contribution is 2.43. The normalized spacial score (nSPS) is 28.5. The summed E-state index contributed by atoms with van der Waals surface area (Å²) < 4.78 is 8.12. The molecule has 1 fully saturated rings. The molecule has 1 aliphatic rings. The molecule has 1 heterocycles. The second-order valence-corrected chi connectivity index (χ2v) is 7.55. The molecule has 0 aromatic heterocycles. The summed E-state index contributed by atoms with van der Waals surface area (Å²) in [7, 11) is 0. The molecule has 3 rings (SSSR count). The fourth-order valence-electron chi connectivity index (χ4n) is 3.04. The summed E-state index contributed by atoms with van der Waals surface area (Å²) in [5.41, 5.74) is 1.27. The Kier molecular flexibility index (Phi) is 5.22. The lowest BCUT2D eigenvalue weighted by Gasteiger charge is -2.41. The van der Waals surface area contributed by atoms with E-state index in [1.807, 2.05) is 42.5 Å². The molecule has 22 heavy (non-hydrogen) atoms. The van der Waals surface area contributed by atoms with Gasteiger partial charge in [0, 0.05) is 21.7 Å². The van der Waals surface area contributed by atoms with Crippen molar-refractivity contribution in [3.05, 3.63) is 70.2 Å². The van der Waals surface area contributed by atoms with E-state index in [-0.39, 0.29) is 12.2 Å². The molecule has 0 spiro atoms. The van der Waals surface area contributed by atoms with Gasteiger partial charge < -0.3 is 9.84 Å². The smallest absolute Gasteiger partial charge is 0.0949 e. The van der Waals surface area contributed by atoms with E-state index in [2.05, 4.69) is 50.7 Å². The zero-order valence-corrected chi connectivity index (χ0v) is 15.8. The van der Waals surface area contributed by atoms with Crippen molar-refractivity contribution in [1.82, 2.24) is 0 Å². The Labute approximate surface area is 153 Å². The number of benzene rings is 2. The topological polar surface area (TPSA) is 29.5 Å². The lowest BCUT2D eigenvalue weighted by atomic mass is 9.80. The molecule has 0 aliphatic carbocycles. The third-order valence-corrected chi connectivity index (χ3v) is 5.68. The first kappa shape index (κ1) is 16.4. The van der Waals surface area contributed by atoms with E-state index in [0.29, 0.717) is 12.8 Å². The maximum atomic E-state index is 11.2. The largest absolute Gasteiger partial charge is 0.385 e. The van der Waals surface area contributed by atoms with E-state index < -0.39 is 5.60 Å². The van der Waals surface area contributed by atoms with Crippen LogP contribution in [0.1, 0.15) is 30.1 Å². The minimum Gasteiger partial charge on any atom is -0.385 e. The van der Waals surface area contributed by atoms with Gasteiger partial charge in [0.25, 0.3) is 0 Å². The van der Waals surface area contributed by atoms with Crippen LogP contribution in [0.4, 0.5) is 0 Å². The van der Waals surface area contributed by atoms with Crippen LogP contribution >= 0.6 is 38.5 Å². The lowest BCUT2D eigenvalue weighted by Crippen LogP contribution is -2.40. The van der Waals surface area contributed by atoms with Gasteiger partial charge in [0.2, 0.25) is 0 Å². The number of alkyl halides is 1. The molecule has 0 radical (unpaired) electrons. The van der Waals surface area contributed by atoms with E-state index in [1.54, 1.807) is 0 Å². The average molecular weight is 473 g/mol. The number of halogens is 2. The number of hydrogen-bond donors (Lipinski definition) is 1. The molecule has 0 bridgehead atoms. The highest BCUT2D eigenvalue weighted by molar-refractivity contribution is 14.1. The number of hydrogen-bond acceptors (Lipinski definition) is 2. The fraction of sp³-hybridized carbons (Fsp3) is 0.333. The van der Waals surface area contributed by atoms with Gasteiger partial charge in [-0.15, -0.1) is 0 Å². The van der Waals surface area contributed by atoms with Crippen LogP contribution in [0.3, 0.4) is 0 Å². The number of rotatable bonds is 3. The quantitative estimate of drug-likeness (QED) is 0.503. The zero-order chi connectivity index (χ0) is 15.6. The third-order valence-electron chi connectivity index (χ3n) is 4.17. The van der Waals surface area contributed by atoms with Gasteiger partial charge in [0.15, 0.2) is 0 Å². The molecular formula is C18H18BrIO2. The van der Waals surface area contributed by atoms with Crippen molar-refractivity contribution in [2.75, 3.05) is 4.43 Å². The first-order valence-electron chi connectivity index (χ1n) is 7.35. The summed E-state index contributed by atoms with van der Waals surface area (Å²) in [4.78, 5) is 0. The summed E-state index contributed by atoms with van der Waals surface area (Å²) in [6.07, 6.45) is 1.22. The molecule has 1 N–H and O–H groups in total. The maximum absolute atomic E-state index is 11.2. The maximum Gasteiger partial charge on any atom is 0.0949 e. The SMILES string of the molecule is O[C@]1(c2ccccc2)C[C@H](CI)O[C@@H](c2ccc(Br)cc2)C1. The van der Waals surface area contributed by atoms with Crippen LogP contribution in [-0.2, 0) is 10.3 Å². The predicted molar refractivity (Wildman–Crippen MR) is 100 cm³/mol. The highest BCUT2D eigenvalue weighted by Gasteiger charge is 2.41. The highest BCUT2D eigenvalue weighted by atomic mass is 127. The Hall–Kier alpha value is -0.430. The van der Waals surface area contributed by atoms with Crippen LogP contribution in [0.15, 0.2) is 59.1 Å². The van der Waals surface area contributed by atoms with Crippen LogP contribution in [0.25, 0.3) is 0 Å². The van der Waals surface area contributed by atoms with Crippen LogP contribution in [0.2, 0.25) is 0 Å². The summed E-state index contributed by atoms with van der Waals surface area (Å²) in [5.74, 6) is 0. The van der Waals surface area contributed by atoms with Crippen molar-refractivity contribution >= 4 is 38.5 Å². The van der Waals surface area contributed by atoms with E-state index in [4.69, 9.17) is 4.74 Å². The minimum atomic E-state index is -0.826. The molecule has 1 aliphatic heterocycles. The van der Waals surface area contributed by atoms with Gasteiger partial charge in [0.1, 0.15) is 0 Å². The van der Waals surface area contributed by atoms with Crippen molar-refractivity contribution in [2.45, 2.75) is 30.7 Å². The summed E-state index contributed by atoms with van der Waals surface area (Å²) in [5, 5.41) is 11.2. The molecular weight excluding hydrogens is 455 g/mol. The molecule has 2 aromatic carbocycles. The Morgan fingerprint density at radius 2 is 1.77 bits per heavy atom. The Morgan fingerprint density at radius 3 is 2.41 bits per heavy atom. The molecule has 4 heteroatoms. The minimum absolute atomic E-state index is 0.0632. The van der Waals surface area contributed by atoms with Gasteiger partial charge in [-0.3, -0.25) is 0 Å². The van der Waals surface area contributed by atoms with Crippen molar-refractivity contribution < 1.29 is 9.84 Å². The first-order valence-corrected chi connectivity index (χ1v) is 9.67. The number of ether oxygens (including phenoxy) is 1. The molecule has 116 valence electrons. The Bertz CT molecular complexity index is 617. The fourth-order valence-corrected chi connectivity index (χ4v) is 3.83. The Morgan fingerprint density at radius 1 is 1.09 bits per heavy atom. The van der Waals surface area contributed by atoms with Crippen LogP contribution in [-0.4, -0.2) is 15.6 Å². The van der Waals surface area contributed by atoms with Crippen molar-refractivity contribution in [2.24, 2.45) is 0 Å². The van der Waals surface area contributed by atoms with Crippen molar-refractivity contribution in [3.63, 3.8) is 0 Å². The van der Waals surface area contributed by atoms with Gasteiger partial charge in [0.05, 0.1) is 17.8 Å². The molecule has 2 nitrogen and oxygen atoms in total. The second kappa shape index (κ2) is 6.99. The van der Waals surface area contributed by atoms with E-state index >= 15 is 0 Å². The lowest BCUT2D eigenvalue weighted by molar-refractivity contribution is -0.141. The van der Waals surface area contributed by atoms with E-state index in [1.165, 1.54) is 0 Å². The van der Waals surface area contributed by atoms with Crippen molar-refractivity contribution in [1.29, 1.82) is 0 Å². The van der Waals surface area contributed by atoms with E-state index in [9.17, 15) is 5.11 Å². The second-order valence-electron chi connectivity index (χ2n) is 5.76. The molecule has 0 amide bonds. The van der Waals surface area contributed by atoms with Gasteiger partial charge in [-0.25, -0.2) is 0 Å². The molecule has 2 aromatic rings. The monoisotopic (exact) mass is 472 g/mol. The van der Waals surface area contributed by atoms with Gasteiger partial charge in [-0.2, -0.15) is 0 Å². The Balaban J connectivity index is 1.91. The van der Waals surface area contributed by atoms with Crippen LogP contribution < -0.4 is 0 Å². The summed E-state index contributed by atoms with van der Waals surface area (Å²) in [6, 6.07) is 18.1. The standard InChI is InChI=1S/C18H18BrIO2/c19-15-8-6-13(7-9-15)17-11-18(21,10-16(12-20)22-17)14-4-2-1-3-5-14/h1-9,16-17,21H,10-12H2/t16-,17-,18-/m1/s1. The molecule has 3 atom stereocenters. The van der Waals surface area contributed by atoms with Gasteiger partial charge in [-0.1, -0.05) is 81.0 Å². The summed E-state index contributed by atoms with van der Waals surface area (Å²) in [6.45, 7) is 0. The molecule has 1 saturated heterocycles. The molecule has 0 saturated carbocycles. The van der Waals surface area contributed by atoms with Gasteiger partial charge in [-0.05, 0) is 23.3 Å². The van der Waals surface area contributed by atoms with Crippen LogP contribution in [0.5, 0.6) is 0 Å². The average Bonchev–Trinajstić information content (AvgIpc) is 2.56. The molecule has 0 unspecified atom stereocenters.